The van der Waals surface area contributed by atoms with Gasteiger partial charge in [0.2, 0.25) is 5.91 Å². The third-order valence-electron chi connectivity index (χ3n) is 4.08. The maximum Gasteiger partial charge on any atom is 0.261 e. The van der Waals surface area contributed by atoms with Gasteiger partial charge in [-0.3, -0.25) is 9.52 Å². The van der Waals surface area contributed by atoms with Crippen molar-refractivity contribution in [1.29, 1.82) is 0 Å². The molecule has 126 valence electrons. The molecule has 0 fully saturated rings. The van der Waals surface area contributed by atoms with Crippen LogP contribution in [0.2, 0.25) is 0 Å². The van der Waals surface area contributed by atoms with E-state index >= 15 is 0 Å². The number of aryl methyl sites for hydroxylation is 1. The maximum atomic E-state index is 13.2. The van der Waals surface area contributed by atoms with Crippen LogP contribution in [0.4, 0.5) is 15.8 Å². The third kappa shape index (κ3) is 2.99. The number of fused-ring (bicyclic) bond motifs is 1. The largest absolute Gasteiger partial charge is 0.312 e. The van der Waals surface area contributed by atoms with Crippen LogP contribution >= 0.6 is 0 Å². The average Bonchev–Trinajstić information content (AvgIpc) is 2.93. The number of nitrogens with zero attached hydrogens (tertiary/aromatic N) is 1. The fraction of sp³-hybridized carbons (Fsp3) is 0.235. The van der Waals surface area contributed by atoms with Crippen molar-refractivity contribution in [3.05, 3.63) is 53.3 Å². The first-order chi connectivity index (χ1) is 11.3. The molecule has 0 aromatic heterocycles. The molecule has 0 saturated heterocycles. The fourth-order valence-corrected chi connectivity index (χ4v) is 3.95. The summed E-state index contributed by atoms with van der Waals surface area (Å²) in [5.41, 5.74) is 2.38. The van der Waals surface area contributed by atoms with Crippen LogP contribution in [0.5, 0.6) is 0 Å². The molecule has 24 heavy (non-hydrogen) atoms. The number of halogens is 1. The minimum Gasteiger partial charge on any atom is -0.312 e. The average molecular weight is 348 g/mol. The zero-order valence-corrected chi connectivity index (χ0v) is 14.2. The molecule has 1 amide bonds. The number of sulfonamides is 1. The summed E-state index contributed by atoms with van der Waals surface area (Å²) in [7, 11) is -3.83. The Labute approximate surface area is 140 Å². The molecular formula is C17H17FN2O3S. The molecule has 0 bridgehead atoms. The Balaban J connectivity index is 1.96. The van der Waals surface area contributed by atoms with Gasteiger partial charge in [-0.25, -0.2) is 12.8 Å². The summed E-state index contributed by atoms with van der Waals surface area (Å²) in [4.78, 5) is 13.3. The van der Waals surface area contributed by atoms with Crippen molar-refractivity contribution in [2.24, 2.45) is 0 Å². The van der Waals surface area contributed by atoms with Crippen molar-refractivity contribution in [2.75, 3.05) is 16.2 Å². The van der Waals surface area contributed by atoms with Crippen molar-refractivity contribution < 1.29 is 17.6 Å². The van der Waals surface area contributed by atoms with Crippen LogP contribution in [0.1, 0.15) is 18.1 Å². The molecule has 7 heteroatoms. The van der Waals surface area contributed by atoms with Gasteiger partial charge in [-0.15, -0.1) is 0 Å². The second kappa shape index (κ2) is 5.90. The van der Waals surface area contributed by atoms with E-state index in [0.717, 1.165) is 5.56 Å². The van der Waals surface area contributed by atoms with Gasteiger partial charge in [0.15, 0.2) is 0 Å². The summed E-state index contributed by atoms with van der Waals surface area (Å²) < 4.78 is 40.8. The summed E-state index contributed by atoms with van der Waals surface area (Å²) >= 11 is 0. The second-order valence-corrected chi connectivity index (χ2v) is 7.46. The van der Waals surface area contributed by atoms with E-state index < -0.39 is 15.8 Å². The van der Waals surface area contributed by atoms with Gasteiger partial charge in [0.25, 0.3) is 10.0 Å². The van der Waals surface area contributed by atoms with E-state index in [-0.39, 0.29) is 10.8 Å². The molecule has 1 aliphatic heterocycles. The smallest absolute Gasteiger partial charge is 0.261 e. The number of anilines is 2. The van der Waals surface area contributed by atoms with Crippen LogP contribution in [-0.2, 0) is 21.2 Å². The van der Waals surface area contributed by atoms with E-state index in [2.05, 4.69) is 4.72 Å². The first-order valence-electron chi connectivity index (χ1n) is 7.48. The highest BCUT2D eigenvalue weighted by Crippen LogP contribution is 2.31. The van der Waals surface area contributed by atoms with E-state index in [0.29, 0.717) is 29.9 Å². The molecule has 5 nitrogen and oxygen atoms in total. The number of benzene rings is 2. The molecule has 3 rings (SSSR count). The lowest BCUT2D eigenvalue weighted by Gasteiger charge is -2.16. The van der Waals surface area contributed by atoms with E-state index in [1.54, 1.807) is 17.9 Å². The predicted molar refractivity (Wildman–Crippen MR) is 90.1 cm³/mol. The molecule has 0 radical (unpaired) electrons. The molecule has 0 aliphatic carbocycles. The summed E-state index contributed by atoms with van der Waals surface area (Å²) in [6.45, 7) is 3.64. The summed E-state index contributed by atoms with van der Waals surface area (Å²) in [6, 6.07) is 8.60. The van der Waals surface area contributed by atoms with Crippen LogP contribution in [0, 0.1) is 12.7 Å². The Morgan fingerprint density at radius 2 is 1.96 bits per heavy atom. The lowest BCUT2D eigenvalue weighted by atomic mass is 10.2. The number of carbonyl (C=O) groups is 1. The molecule has 0 unspecified atom stereocenters. The number of nitrogens with one attached hydrogen (secondary N) is 1. The van der Waals surface area contributed by atoms with Gasteiger partial charge in [0, 0.05) is 19.2 Å². The molecule has 0 spiro atoms. The molecule has 0 atom stereocenters. The second-order valence-electron chi connectivity index (χ2n) is 5.78. The predicted octanol–water partition coefficient (Wildman–Crippen LogP) is 2.84. The topological polar surface area (TPSA) is 66.5 Å². The van der Waals surface area contributed by atoms with Gasteiger partial charge in [0.05, 0.1) is 10.6 Å². The molecule has 1 heterocycles. The van der Waals surface area contributed by atoms with E-state index in [1.165, 1.54) is 37.3 Å². The van der Waals surface area contributed by atoms with Gasteiger partial charge < -0.3 is 4.90 Å². The lowest BCUT2D eigenvalue weighted by Crippen LogP contribution is -2.26. The highest BCUT2D eigenvalue weighted by atomic mass is 32.2. The number of hydrogen-bond acceptors (Lipinski definition) is 3. The van der Waals surface area contributed by atoms with Crippen LogP contribution in [-0.4, -0.2) is 20.9 Å². The van der Waals surface area contributed by atoms with Gasteiger partial charge in [-0.05, 0) is 54.8 Å². The van der Waals surface area contributed by atoms with E-state index in [4.69, 9.17) is 0 Å². The normalized spacial score (nSPS) is 13.7. The Morgan fingerprint density at radius 1 is 1.21 bits per heavy atom. The van der Waals surface area contributed by atoms with Gasteiger partial charge in [-0.2, -0.15) is 0 Å². The Kier molecular flexibility index (Phi) is 4.04. The quantitative estimate of drug-likeness (QED) is 0.927. The minimum atomic E-state index is -3.83. The van der Waals surface area contributed by atoms with Crippen molar-refractivity contribution in [1.82, 2.24) is 0 Å². The number of rotatable bonds is 3. The van der Waals surface area contributed by atoms with Crippen molar-refractivity contribution >= 4 is 27.3 Å². The fourth-order valence-electron chi connectivity index (χ4n) is 2.80. The molecule has 1 N–H and O–H groups in total. The van der Waals surface area contributed by atoms with Gasteiger partial charge >= 0.3 is 0 Å². The molecule has 0 saturated carbocycles. The minimum absolute atomic E-state index is 0.0677. The van der Waals surface area contributed by atoms with Gasteiger partial charge in [-0.1, -0.05) is 6.07 Å². The Bertz CT molecular complexity index is 925. The summed E-state index contributed by atoms with van der Waals surface area (Å²) in [5, 5.41) is 0. The standard InChI is InChI=1S/C17H17FN2O3S/c1-11-9-14(18)4-6-16(11)19-24(22,23)15-5-3-13-7-8-20(12(2)21)17(13)10-15/h3-6,9-10,19H,7-8H2,1-2H3. The number of carbonyl (C=O) groups excluding carboxylic acids is 1. The van der Waals surface area contributed by atoms with Crippen LogP contribution in [0.25, 0.3) is 0 Å². The number of amides is 1. The first kappa shape index (κ1) is 16.4. The molecule has 2 aromatic carbocycles. The lowest BCUT2D eigenvalue weighted by molar-refractivity contribution is -0.116. The third-order valence-corrected chi connectivity index (χ3v) is 5.44. The summed E-state index contributed by atoms with van der Waals surface area (Å²) in [5.74, 6) is -0.546. The van der Waals surface area contributed by atoms with Crippen LogP contribution < -0.4 is 9.62 Å². The maximum absolute atomic E-state index is 13.2. The summed E-state index contributed by atoms with van der Waals surface area (Å²) in [6.07, 6.45) is 0.708. The molecule has 2 aromatic rings. The zero-order valence-electron chi connectivity index (χ0n) is 13.3. The van der Waals surface area contributed by atoms with Crippen LogP contribution in [0.3, 0.4) is 0 Å². The van der Waals surface area contributed by atoms with Crippen molar-refractivity contribution in [3.8, 4) is 0 Å². The number of hydrogen-bond donors (Lipinski definition) is 1. The zero-order chi connectivity index (χ0) is 17.5. The van der Waals surface area contributed by atoms with E-state index in [1.807, 2.05) is 0 Å². The highest BCUT2D eigenvalue weighted by molar-refractivity contribution is 7.92. The van der Waals surface area contributed by atoms with Crippen LogP contribution in [0.15, 0.2) is 41.3 Å². The SMILES string of the molecule is CC(=O)N1CCc2ccc(S(=O)(=O)Nc3ccc(F)cc3C)cc21. The van der Waals surface area contributed by atoms with Crippen molar-refractivity contribution in [3.63, 3.8) is 0 Å². The monoisotopic (exact) mass is 348 g/mol. The van der Waals surface area contributed by atoms with E-state index in [9.17, 15) is 17.6 Å². The van der Waals surface area contributed by atoms with Crippen molar-refractivity contribution in [2.45, 2.75) is 25.2 Å². The first-order valence-corrected chi connectivity index (χ1v) is 8.96. The molecule has 1 aliphatic rings. The van der Waals surface area contributed by atoms with Gasteiger partial charge in [0.1, 0.15) is 5.82 Å². The Hall–Kier alpha value is -2.41. The molecular weight excluding hydrogens is 331 g/mol. The Morgan fingerprint density at radius 3 is 2.62 bits per heavy atom. The highest BCUT2D eigenvalue weighted by Gasteiger charge is 2.25.